The van der Waals surface area contributed by atoms with Crippen molar-refractivity contribution in [2.75, 3.05) is 5.88 Å². The van der Waals surface area contributed by atoms with Crippen LogP contribution in [0.1, 0.15) is 4.88 Å². The van der Waals surface area contributed by atoms with Crippen LogP contribution in [-0.2, 0) is 11.3 Å². The van der Waals surface area contributed by atoms with E-state index in [4.69, 9.17) is 23.2 Å². The van der Waals surface area contributed by atoms with Crippen molar-refractivity contribution in [3.8, 4) is 0 Å². The van der Waals surface area contributed by atoms with Gasteiger partial charge in [-0.2, -0.15) is 0 Å². The number of thiophene rings is 1. The Morgan fingerprint density at radius 2 is 2.33 bits per heavy atom. The fourth-order valence-electron chi connectivity index (χ4n) is 0.680. The molecule has 0 spiro atoms. The molecule has 1 amide bonds. The lowest BCUT2D eigenvalue weighted by atomic mass is 10.4. The van der Waals surface area contributed by atoms with Crippen molar-refractivity contribution in [1.82, 2.24) is 5.32 Å². The summed E-state index contributed by atoms with van der Waals surface area (Å²) in [7, 11) is 0. The van der Waals surface area contributed by atoms with Crippen LogP contribution >= 0.6 is 34.5 Å². The van der Waals surface area contributed by atoms with Crippen molar-refractivity contribution in [3.63, 3.8) is 0 Å². The molecule has 0 saturated heterocycles. The van der Waals surface area contributed by atoms with E-state index in [0.29, 0.717) is 6.54 Å². The minimum absolute atomic E-state index is 0.000886. The largest absolute Gasteiger partial charge is 0.350 e. The Bertz CT molecular complexity index is 274. The number of halogens is 2. The maximum absolute atomic E-state index is 10.7. The average Bonchev–Trinajstić information content (AvgIpc) is 2.47. The molecule has 5 heteroatoms. The Morgan fingerprint density at radius 3 is 2.83 bits per heavy atom. The number of carbonyl (C=O) groups excluding carboxylic acids is 1. The lowest BCUT2D eigenvalue weighted by Gasteiger charge is -1.98. The van der Waals surface area contributed by atoms with Crippen LogP contribution in [-0.4, -0.2) is 11.8 Å². The van der Waals surface area contributed by atoms with Crippen LogP contribution in [0.25, 0.3) is 0 Å². The molecule has 12 heavy (non-hydrogen) atoms. The van der Waals surface area contributed by atoms with Gasteiger partial charge in [0, 0.05) is 4.88 Å². The van der Waals surface area contributed by atoms with Crippen molar-refractivity contribution >= 4 is 40.4 Å². The molecule has 66 valence electrons. The van der Waals surface area contributed by atoms with Crippen LogP contribution in [0.4, 0.5) is 0 Å². The average molecular weight is 224 g/mol. The lowest BCUT2D eigenvalue weighted by molar-refractivity contribution is -0.118. The Hall–Kier alpha value is -0.250. The van der Waals surface area contributed by atoms with Gasteiger partial charge < -0.3 is 5.32 Å². The summed E-state index contributed by atoms with van der Waals surface area (Å²) in [4.78, 5) is 11.7. The zero-order valence-electron chi connectivity index (χ0n) is 6.14. The van der Waals surface area contributed by atoms with Crippen molar-refractivity contribution < 1.29 is 4.79 Å². The molecule has 0 atom stereocenters. The second-order valence-corrected chi connectivity index (χ2v) is 4.18. The van der Waals surface area contributed by atoms with E-state index in [0.717, 1.165) is 9.21 Å². The normalized spacial score (nSPS) is 9.83. The molecule has 0 bridgehead atoms. The highest BCUT2D eigenvalue weighted by Gasteiger charge is 2.00. The predicted molar refractivity (Wildman–Crippen MR) is 51.9 cm³/mol. The number of alkyl halides is 1. The maximum atomic E-state index is 10.7. The third-order valence-corrected chi connectivity index (χ3v) is 2.68. The third kappa shape index (κ3) is 3.01. The molecular weight excluding hydrogens is 217 g/mol. The highest BCUT2D eigenvalue weighted by atomic mass is 35.5. The maximum Gasteiger partial charge on any atom is 0.235 e. The number of carbonyl (C=O) groups is 1. The highest BCUT2D eigenvalue weighted by Crippen LogP contribution is 2.20. The first-order valence-corrected chi connectivity index (χ1v) is 5.02. The quantitative estimate of drug-likeness (QED) is 0.784. The van der Waals surface area contributed by atoms with Gasteiger partial charge in [-0.05, 0) is 12.1 Å². The van der Waals surface area contributed by atoms with E-state index in [1.54, 1.807) is 6.07 Å². The fraction of sp³-hybridized carbons (Fsp3) is 0.286. The van der Waals surface area contributed by atoms with Crippen molar-refractivity contribution in [2.45, 2.75) is 6.54 Å². The first kappa shape index (κ1) is 9.84. The van der Waals surface area contributed by atoms with Gasteiger partial charge in [-0.25, -0.2) is 0 Å². The number of rotatable bonds is 3. The molecule has 2 nitrogen and oxygen atoms in total. The Balaban J connectivity index is 2.38. The molecule has 1 aromatic heterocycles. The second-order valence-electron chi connectivity index (χ2n) is 2.12. The van der Waals surface area contributed by atoms with Crippen LogP contribution < -0.4 is 5.32 Å². The summed E-state index contributed by atoms with van der Waals surface area (Å²) in [5, 5.41) is 2.64. The van der Waals surface area contributed by atoms with E-state index in [9.17, 15) is 4.79 Å². The smallest absolute Gasteiger partial charge is 0.235 e. The van der Waals surface area contributed by atoms with Crippen molar-refractivity contribution in [1.29, 1.82) is 0 Å². The molecule has 1 N–H and O–H groups in total. The molecule has 0 aromatic carbocycles. The standard InChI is InChI=1S/C7H7Cl2NOS/c8-3-7(11)10-4-5-1-2-6(9)12-5/h1-2H,3-4H2,(H,10,11). The lowest BCUT2D eigenvalue weighted by Crippen LogP contribution is -2.23. The molecule has 0 aliphatic rings. The Labute approximate surface area is 84.5 Å². The fourth-order valence-corrected chi connectivity index (χ4v) is 1.80. The van der Waals surface area contributed by atoms with E-state index in [-0.39, 0.29) is 11.8 Å². The monoisotopic (exact) mass is 223 g/mol. The predicted octanol–water partition coefficient (Wildman–Crippen LogP) is 2.26. The highest BCUT2D eigenvalue weighted by molar-refractivity contribution is 7.16. The molecule has 0 fully saturated rings. The molecular formula is C7H7Cl2NOS. The topological polar surface area (TPSA) is 29.1 Å². The van der Waals surface area contributed by atoms with E-state index < -0.39 is 0 Å². The summed E-state index contributed by atoms with van der Waals surface area (Å²) < 4.78 is 0.727. The minimum atomic E-state index is -0.166. The van der Waals surface area contributed by atoms with E-state index >= 15 is 0 Å². The Morgan fingerprint density at radius 1 is 1.58 bits per heavy atom. The molecule has 1 rings (SSSR count). The van der Waals surface area contributed by atoms with E-state index in [1.165, 1.54) is 11.3 Å². The molecule has 0 aliphatic heterocycles. The summed E-state index contributed by atoms with van der Waals surface area (Å²) in [6.07, 6.45) is 0. The molecule has 1 aromatic rings. The summed E-state index contributed by atoms with van der Waals surface area (Å²) >= 11 is 12.4. The van der Waals surface area contributed by atoms with Crippen LogP contribution in [0.3, 0.4) is 0 Å². The second kappa shape index (κ2) is 4.70. The molecule has 0 unspecified atom stereocenters. The minimum Gasteiger partial charge on any atom is -0.350 e. The van der Waals surface area contributed by atoms with Gasteiger partial charge in [0.2, 0.25) is 5.91 Å². The van der Waals surface area contributed by atoms with Crippen molar-refractivity contribution in [2.24, 2.45) is 0 Å². The summed E-state index contributed by atoms with van der Waals surface area (Å²) in [5.41, 5.74) is 0. The van der Waals surface area contributed by atoms with Crippen LogP contribution in [0.2, 0.25) is 4.34 Å². The van der Waals surface area contributed by atoms with Gasteiger partial charge in [0.05, 0.1) is 10.9 Å². The summed E-state index contributed by atoms with van der Waals surface area (Å²) in [6, 6.07) is 3.68. The number of hydrogen-bond acceptors (Lipinski definition) is 2. The first-order valence-electron chi connectivity index (χ1n) is 3.29. The van der Waals surface area contributed by atoms with Crippen LogP contribution in [0.15, 0.2) is 12.1 Å². The van der Waals surface area contributed by atoms with Gasteiger partial charge in [0.1, 0.15) is 5.88 Å². The number of amides is 1. The van der Waals surface area contributed by atoms with Gasteiger partial charge in [-0.15, -0.1) is 22.9 Å². The number of nitrogens with one attached hydrogen (secondary N) is 1. The molecule has 0 saturated carbocycles. The van der Waals surface area contributed by atoms with Crippen LogP contribution in [0, 0.1) is 0 Å². The number of hydrogen-bond donors (Lipinski definition) is 1. The molecule has 1 heterocycles. The van der Waals surface area contributed by atoms with E-state index in [2.05, 4.69) is 5.32 Å². The zero-order chi connectivity index (χ0) is 8.97. The van der Waals surface area contributed by atoms with Crippen molar-refractivity contribution in [3.05, 3.63) is 21.3 Å². The summed E-state index contributed by atoms with van der Waals surface area (Å²) in [6.45, 7) is 0.503. The molecule has 0 aliphatic carbocycles. The van der Waals surface area contributed by atoms with Gasteiger partial charge in [-0.3, -0.25) is 4.79 Å². The zero-order valence-corrected chi connectivity index (χ0v) is 8.47. The van der Waals surface area contributed by atoms with Gasteiger partial charge in [-0.1, -0.05) is 11.6 Å². The van der Waals surface area contributed by atoms with E-state index in [1.807, 2.05) is 6.07 Å². The molecule has 0 radical (unpaired) electrons. The van der Waals surface area contributed by atoms with Gasteiger partial charge in [0.25, 0.3) is 0 Å². The van der Waals surface area contributed by atoms with Gasteiger partial charge >= 0.3 is 0 Å². The SMILES string of the molecule is O=C(CCl)NCc1ccc(Cl)s1. The first-order chi connectivity index (χ1) is 5.72. The Kier molecular flexibility index (Phi) is 3.85. The van der Waals surface area contributed by atoms with Gasteiger partial charge in [0.15, 0.2) is 0 Å². The third-order valence-electron chi connectivity index (χ3n) is 1.21. The van der Waals surface area contributed by atoms with Crippen LogP contribution in [0.5, 0.6) is 0 Å². The summed E-state index contributed by atoms with van der Waals surface area (Å²) in [5.74, 6) is -0.166.